The predicted octanol–water partition coefficient (Wildman–Crippen LogP) is 4.47. The maximum Gasteiger partial charge on any atom is 0.134 e. The standard InChI is InChI=1S/C21H25NO/c1-3-20-14-19(16(2)23)15-22(20)21(17-10-6-4-7-11-17)18-12-8-5-9-13-18/h4-13,19-21H,3,14-15H2,1-2H3/t19-,20-/m0/s1. The second-order valence-corrected chi connectivity index (χ2v) is 6.53. The fraction of sp³-hybridized carbons (Fsp3) is 0.381. The van der Waals surface area contributed by atoms with Crippen LogP contribution in [0.1, 0.15) is 43.9 Å². The van der Waals surface area contributed by atoms with Crippen molar-refractivity contribution in [3.63, 3.8) is 0 Å². The van der Waals surface area contributed by atoms with Crippen LogP contribution in [0.5, 0.6) is 0 Å². The number of Topliss-reactive ketones (excluding diaryl/α,β-unsaturated/α-hetero) is 1. The summed E-state index contributed by atoms with van der Waals surface area (Å²) in [6, 6.07) is 22.0. The van der Waals surface area contributed by atoms with Gasteiger partial charge in [0.25, 0.3) is 0 Å². The molecule has 2 aromatic rings. The molecule has 0 saturated carbocycles. The summed E-state index contributed by atoms with van der Waals surface area (Å²) in [4.78, 5) is 14.5. The highest BCUT2D eigenvalue weighted by molar-refractivity contribution is 5.79. The van der Waals surface area contributed by atoms with Crippen molar-refractivity contribution in [2.24, 2.45) is 5.92 Å². The normalized spacial score (nSPS) is 21.7. The molecule has 0 aromatic heterocycles. The number of nitrogens with zero attached hydrogens (tertiary/aromatic N) is 1. The van der Waals surface area contributed by atoms with E-state index in [1.807, 2.05) is 0 Å². The molecule has 0 aliphatic carbocycles. The maximum atomic E-state index is 11.9. The summed E-state index contributed by atoms with van der Waals surface area (Å²) in [5.74, 6) is 0.501. The molecule has 1 fully saturated rings. The van der Waals surface area contributed by atoms with Gasteiger partial charge in [-0.15, -0.1) is 0 Å². The second kappa shape index (κ2) is 7.10. The summed E-state index contributed by atoms with van der Waals surface area (Å²) < 4.78 is 0. The Morgan fingerprint density at radius 3 is 2.00 bits per heavy atom. The molecule has 3 rings (SSSR count). The van der Waals surface area contributed by atoms with Crippen molar-refractivity contribution < 1.29 is 4.79 Å². The smallest absolute Gasteiger partial charge is 0.134 e. The van der Waals surface area contributed by atoms with Crippen LogP contribution < -0.4 is 0 Å². The summed E-state index contributed by atoms with van der Waals surface area (Å²) in [5, 5.41) is 0. The molecule has 1 saturated heterocycles. The lowest BCUT2D eigenvalue weighted by atomic mass is 9.96. The number of benzene rings is 2. The van der Waals surface area contributed by atoms with Gasteiger partial charge >= 0.3 is 0 Å². The molecule has 1 aliphatic rings. The Bertz CT molecular complexity index is 598. The Balaban J connectivity index is 2.00. The highest BCUT2D eigenvalue weighted by atomic mass is 16.1. The summed E-state index contributed by atoms with van der Waals surface area (Å²) in [6.45, 7) is 4.83. The zero-order valence-corrected chi connectivity index (χ0v) is 14.0. The molecule has 1 heterocycles. The summed E-state index contributed by atoms with van der Waals surface area (Å²) in [7, 11) is 0. The summed E-state index contributed by atoms with van der Waals surface area (Å²) in [5.41, 5.74) is 2.61. The molecule has 120 valence electrons. The zero-order valence-electron chi connectivity index (χ0n) is 14.0. The molecule has 1 aliphatic heterocycles. The van der Waals surface area contributed by atoms with E-state index in [2.05, 4.69) is 72.5 Å². The van der Waals surface area contributed by atoms with Gasteiger partial charge in [-0.2, -0.15) is 0 Å². The molecule has 0 bridgehead atoms. The quantitative estimate of drug-likeness (QED) is 0.812. The first-order chi connectivity index (χ1) is 11.2. The fourth-order valence-electron chi connectivity index (χ4n) is 3.80. The molecule has 0 amide bonds. The van der Waals surface area contributed by atoms with E-state index in [1.165, 1.54) is 11.1 Å². The molecular weight excluding hydrogens is 282 g/mol. The first-order valence-electron chi connectivity index (χ1n) is 8.56. The van der Waals surface area contributed by atoms with Crippen molar-refractivity contribution in [3.8, 4) is 0 Å². The minimum absolute atomic E-state index is 0.176. The number of carbonyl (C=O) groups is 1. The minimum atomic E-state index is 0.176. The van der Waals surface area contributed by atoms with Crippen LogP contribution in [-0.2, 0) is 4.79 Å². The van der Waals surface area contributed by atoms with E-state index >= 15 is 0 Å². The molecular formula is C21H25NO. The van der Waals surface area contributed by atoms with E-state index in [0.29, 0.717) is 11.8 Å². The minimum Gasteiger partial charge on any atom is -0.300 e. The van der Waals surface area contributed by atoms with Crippen LogP contribution in [0.4, 0.5) is 0 Å². The number of carbonyl (C=O) groups excluding carboxylic acids is 1. The zero-order chi connectivity index (χ0) is 16.2. The van der Waals surface area contributed by atoms with E-state index in [1.54, 1.807) is 6.92 Å². The number of hydrogen-bond donors (Lipinski definition) is 0. The third-order valence-electron chi connectivity index (χ3n) is 5.07. The molecule has 2 atom stereocenters. The van der Waals surface area contributed by atoms with Gasteiger partial charge in [-0.1, -0.05) is 67.6 Å². The molecule has 0 radical (unpaired) electrons. The van der Waals surface area contributed by atoms with Crippen LogP contribution in [0.15, 0.2) is 60.7 Å². The predicted molar refractivity (Wildman–Crippen MR) is 94.3 cm³/mol. The van der Waals surface area contributed by atoms with E-state index in [9.17, 15) is 4.79 Å². The second-order valence-electron chi connectivity index (χ2n) is 6.53. The van der Waals surface area contributed by atoms with E-state index < -0.39 is 0 Å². The summed E-state index contributed by atoms with van der Waals surface area (Å²) in [6.07, 6.45) is 2.07. The molecule has 0 unspecified atom stereocenters. The van der Waals surface area contributed by atoms with Crippen LogP contribution in [0, 0.1) is 5.92 Å². The van der Waals surface area contributed by atoms with Gasteiger partial charge < -0.3 is 0 Å². The maximum absolute atomic E-state index is 11.9. The average molecular weight is 307 g/mol. The van der Waals surface area contributed by atoms with Crippen molar-refractivity contribution in [1.29, 1.82) is 0 Å². The van der Waals surface area contributed by atoms with Crippen molar-refractivity contribution in [3.05, 3.63) is 71.8 Å². The van der Waals surface area contributed by atoms with E-state index in [-0.39, 0.29) is 12.0 Å². The van der Waals surface area contributed by atoms with Crippen molar-refractivity contribution in [2.45, 2.75) is 38.8 Å². The van der Waals surface area contributed by atoms with Gasteiger partial charge in [0.1, 0.15) is 5.78 Å². The van der Waals surface area contributed by atoms with Crippen molar-refractivity contribution in [2.75, 3.05) is 6.54 Å². The molecule has 2 nitrogen and oxygen atoms in total. The molecule has 2 aromatic carbocycles. The third kappa shape index (κ3) is 3.37. The monoisotopic (exact) mass is 307 g/mol. The number of hydrogen-bond acceptors (Lipinski definition) is 2. The Morgan fingerprint density at radius 2 is 1.57 bits per heavy atom. The first kappa shape index (κ1) is 15.9. The van der Waals surface area contributed by atoms with Crippen LogP contribution in [0.2, 0.25) is 0 Å². The van der Waals surface area contributed by atoms with Crippen LogP contribution >= 0.6 is 0 Å². The van der Waals surface area contributed by atoms with Crippen LogP contribution in [0.3, 0.4) is 0 Å². The Kier molecular flexibility index (Phi) is 4.92. The lowest BCUT2D eigenvalue weighted by Gasteiger charge is -2.33. The van der Waals surface area contributed by atoms with Gasteiger partial charge in [-0.25, -0.2) is 0 Å². The van der Waals surface area contributed by atoms with Gasteiger partial charge in [-0.05, 0) is 30.9 Å². The van der Waals surface area contributed by atoms with Crippen molar-refractivity contribution in [1.82, 2.24) is 4.90 Å². The Hall–Kier alpha value is -1.93. The van der Waals surface area contributed by atoms with Gasteiger partial charge in [0, 0.05) is 18.5 Å². The topological polar surface area (TPSA) is 20.3 Å². The molecule has 23 heavy (non-hydrogen) atoms. The number of likely N-dealkylation sites (tertiary alicyclic amines) is 1. The fourth-order valence-corrected chi connectivity index (χ4v) is 3.80. The third-order valence-corrected chi connectivity index (χ3v) is 5.07. The first-order valence-corrected chi connectivity index (χ1v) is 8.56. The van der Waals surface area contributed by atoms with Gasteiger partial charge in [-0.3, -0.25) is 9.69 Å². The lowest BCUT2D eigenvalue weighted by molar-refractivity contribution is -0.120. The molecule has 0 spiro atoms. The average Bonchev–Trinajstić information content (AvgIpc) is 3.01. The highest BCUT2D eigenvalue weighted by Crippen LogP contribution is 2.37. The highest BCUT2D eigenvalue weighted by Gasteiger charge is 2.38. The SMILES string of the molecule is CC[C@H]1C[C@H](C(C)=O)CN1C(c1ccccc1)c1ccccc1. The number of rotatable bonds is 5. The summed E-state index contributed by atoms with van der Waals surface area (Å²) >= 11 is 0. The largest absolute Gasteiger partial charge is 0.300 e. The lowest BCUT2D eigenvalue weighted by Crippen LogP contribution is -2.34. The molecule has 0 N–H and O–H groups in total. The van der Waals surface area contributed by atoms with Crippen LogP contribution in [-0.4, -0.2) is 23.3 Å². The van der Waals surface area contributed by atoms with E-state index in [0.717, 1.165) is 19.4 Å². The Labute approximate surface area is 139 Å². The number of ketones is 1. The van der Waals surface area contributed by atoms with E-state index in [4.69, 9.17) is 0 Å². The van der Waals surface area contributed by atoms with Crippen LogP contribution in [0.25, 0.3) is 0 Å². The van der Waals surface area contributed by atoms with Crippen molar-refractivity contribution >= 4 is 5.78 Å². The van der Waals surface area contributed by atoms with Gasteiger partial charge in [0.2, 0.25) is 0 Å². The van der Waals surface area contributed by atoms with Gasteiger partial charge in [0.15, 0.2) is 0 Å². The van der Waals surface area contributed by atoms with Gasteiger partial charge in [0.05, 0.1) is 6.04 Å². The Morgan fingerprint density at radius 1 is 1.04 bits per heavy atom. The molecule has 2 heteroatoms.